The third kappa shape index (κ3) is 2.60. The van der Waals surface area contributed by atoms with Gasteiger partial charge in [0.1, 0.15) is 11.8 Å². The predicted octanol–water partition coefficient (Wildman–Crippen LogP) is 2.79. The molecule has 0 radical (unpaired) electrons. The zero-order valence-electron chi connectivity index (χ0n) is 7.70. The molecule has 0 aliphatic rings. The van der Waals surface area contributed by atoms with Crippen LogP contribution in [0.2, 0.25) is 0 Å². The molecule has 0 bridgehead atoms. The first-order valence-electron chi connectivity index (χ1n) is 4.23. The van der Waals surface area contributed by atoms with Gasteiger partial charge >= 0.3 is 0 Å². The van der Waals surface area contributed by atoms with Crippen LogP contribution in [0.5, 0.6) is 0 Å². The molecular weight excluding hydrogens is 212 g/mol. The smallest absolute Gasteiger partial charge is 0.253 e. The fourth-order valence-corrected chi connectivity index (χ4v) is 1.24. The zero-order valence-corrected chi connectivity index (χ0v) is 8.59. The van der Waals surface area contributed by atoms with Crippen molar-refractivity contribution in [1.82, 2.24) is 9.97 Å². The molecule has 0 aliphatic carbocycles. The minimum Gasteiger partial charge on any atom is -0.452 e. The zero-order chi connectivity index (χ0) is 10.5. The second kappa shape index (κ2) is 4.65. The number of nitrogens with zero attached hydrogens (tertiary/aromatic N) is 2. The Morgan fingerprint density at radius 2 is 2.07 bits per heavy atom. The van der Waals surface area contributed by atoms with Crippen molar-refractivity contribution in [3.8, 4) is 0 Å². The summed E-state index contributed by atoms with van der Waals surface area (Å²) < 4.78 is 9.59. The lowest BCUT2D eigenvalue weighted by Crippen LogP contribution is -1.63. The van der Waals surface area contributed by atoms with Crippen LogP contribution in [-0.2, 0) is 0 Å². The van der Waals surface area contributed by atoms with Crippen LogP contribution in [0.4, 0.5) is 0 Å². The molecule has 0 aliphatic heterocycles. The van der Waals surface area contributed by atoms with Gasteiger partial charge in [-0.25, -0.2) is 9.97 Å². The standard InChI is InChI=1S/C7H5NOS.C3H3NO/c10-7-8-5-3-1-2-4-6(5)9-7;1-2-5-3-4-1/h1-4H,(H,8,10);1-3H. The SMILES string of the molecule is Sc1nc2ccccc2o1.c1cocn1. The number of aromatic nitrogens is 2. The fourth-order valence-electron chi connectivity index (χ4n) is 1.04. The van der Waals surface area contributed by atoms with Crippen LogP contribution in [0.3, 0.4) is 0 Å². The molecule has 5 heteroatoms. The van der Waals surface area contributed by atoms with Gasteiger partial charge < -0.3 is 8.83 Å². The van der Waals surface area contributed by atoms with E-state index in [4.69, 9.17) is 4.42 Å². The molecule has 1 aromatic carbocycles. The third-order valence-corrected chi connectivity index (χ3v) is 1.82. The second-order valence-electron chi connectivity index (χ2n) is 2.64. The average molecular weight is 220 g/mol. The number of para-hydroxylation sites is 2. The van der Waals surface area contributed by atoms with E-state index in [2.05, 4.69) is 27.0 Å². The first-order chi connectivity index (χ1) is 7.36. The molecular formula is C10H8N2O2S. The maximum absolute atomic E-state index is 5.12. The van der Waals surface area contributed by atoms with Gasteiger partial charge in [0.25, 0.3) is 5.22 Å². The lowest BCUT2D eigenvalue weighted by atomic mass is 10.3. The van der Waals surface area contributed by atoms with E-state index < -0.39 is 0 Å². The van der Waals surface area contributed by atoms with E-state index >= 15 is 0 Å². The van der Waals surface area contributed by atoms with Gasteiger partial charge in [0, 0.05) is 0 Å². The van der Waals surface area contributed by atoms with Gasteiger partial charge in [-0.05, 0) is 12.1 Å². The van der Waals surface area contributed by atoms with Crippen molar-refractivity contribution in [3.05, 3.63) is 43.1 Å². The molecule has 2 heterocycles. The second-order valence-corrected chi connectivity index (χ2v) is 3.02. The molecule has 3 aromatic rings. The summed E-state index contributed by atoms with van der Waals surface area (Å²) in [5, 5.41) is 0.418. The summed E-state index contributed by atoms with van der Waals surface area (Å²) in [5.41, 5.74) is 1.64. The molecule has 0 atom stereocenters. The molecule has 4 nitrogen and oxygen atoms in total. The first-order valence-corrected chi connectivity index (χ1v) is 4.67. The lowest BCUT2D eigenvalue weighted by Gasteiger charge is -1.79. The Morgan fingerprint density at radius 3 is 2.67 bits per heavy atom. The highest BCUT2D eigenvalue weighted by atomic mass is 32.1. The minimum atomic E-state index is 0.418. The molecule has 76 valence electrons. The van der Waals surface area contributed by atoms with Crippen LogP contribution < -0.4 is 0 Å². The monoisotopic (exact) mass is 220 g/mol. The van der Waals surface area contributed by atoms with Crippen LogP contribution in [0, 0.1) is 0 Å². The summed E-state index contributed by atoms with van der Waals surface area (Å²) in [6.45, 7) is 0. The first kappa shape index (κ1) is 9.79. The molecule has 0 amide bonds. The number of thiol groups is 1. The highest BCUT2D eigenvalue weighted by Crippen LogP contribution is 2.15. The molecule has 0 fully saturated rings. The molecule has 0 saturated carbocycles. The van der Waals surface area contributed by atoms with Gasteiger partial charge in [-0.1, -0.05) is 24.8 Å². The molecule has 0 saturated heterocycles. The Morgan fingerprint density at radius 1 is 1.20 bits per heavy atom. The Kier molecular flexibility index (Phi) is 3.04. The third-order valence-electron chi connectivity index (χ3n) is 1.63. The molecule has 0 unspecified atom stereocenters. The molecule has 0 N–H and O–H groups in total. The highest BCUT2D eigenvalue weighted by molar-refractivity contribution is 7.80. The normalized spacial score (nSPS) is 9.67. The van der Waals surface area contributed by atoms with Gasteiger partial charge in [0.2, 0.25) is 0 Å². The Hall–Kier alpha value is -1.75. The van der Waals surface area contributed by atoms with Crippen LogP contribution in [0.1, 0.15) is 0 Å². The van der Waals surface area contributed by atoms with E-state index in [1.807, 2.05) is 24.3 Å². The van der Waals surface area contributed by atoms with Crippen molar-refractivity contribution >= 4 is 23.7 Å². The number of oxazole rings is 2. The van der Waals surface area contributed by atoms with E-state index in [-0.39, 0.29) is 0 Å². The summed E-state index contributed by atoms with van der Waals surface area (Å²) in [7, 11) is 0. The van der Waals surface area contributed by atoms with E-state index in [9.17, 15) is 0 Å². The average Bonchev–Trinajstić information content (AvgIpc) is 2.87. The number of hydrogen-bond acceptors (Lipinski definition) is 5. The van der Waals surface area contributed by atoms with Gasteiger partial charge in [-0.3, -0.25) is 0 Å². The Balaban J connectivity index is 0.000000144. The van der Waals surface area contributed by atoms with Crippen molar-refractivity contribution in [3.63, 3.8) is 0 Å². The van der Waals surface area contributed by atoms with Crippen molar-refractivity contribution in [2.75, 3.05) is 0 Å². The van der Waals surface area contributed by atoms with Gasteiger partial charge in [-0.15, -0.1) is 0 Å². The van der Waals surface area contributed by atoms with Crippen LogP contribution in [0.25, 0.3) is 11.1 Å². The lowest BCUT2D eigenvalue weighted by molar-refractivity contribution is 0.492. The van der Waals surface area contributed by atoms with Crippen molar-refractivity contribution in [2.24, 2.45) is 0 Å². The molecule has 2 aromatic heterocycles. The number of rotatable bonds is 0. The minimum absolute atomic E-state index is 0.418. The number of fused-ring (bicyclic) bond motifs is 1. The Bertz CT molecular complexity index is 469. The summed E-state index contributed by atoms with van der Waals surface area (Å²) in [6.07, 6.45) is 4.47. The maximum Gasteiger partial charge on any atom is 0.253 e. The summed E-state index contributed by atoms with van der Waals surface area (Å²) in [4.78, 5) is 7.57. The molecule has 3 rings (SSSR count). The van der Waals surface area contributed by atoms with Crippen molar-refractivity contribution in [1.29, 1.82) is 0 Å². The van der Waals surface area contributed by atoms with Crippen LogP contribution in [0.15, 0.2) is 57.2 Å². The largest absolute Gasteiger partial charge is 0.452 e. The van der Waals surface area contributed by atoms with Gasteiger partial charge in [0.15, 0.2) is 12.0 Å². The topological polar surface area (TPSA) is 52.1 Å². The van der Waals surface area contributed by atoms with Crippen LogP contribution >= 0.6 is 12.6 Å². The summed E-state index contributed by atoms with van der Waals surface area (Å²) in [5.74, 6) is 0. The number of benzene rings is 1. The van der Waals surface area contributed by atoms with E-state index in [0.717, 1.165) is 11.1 Å². The molecule has 15 heavy (non-hydrogen) atoms. The van der Waals surface area contributed by atoms with Gasteiger partial charge in [0.05, 0.1) is 6.20 Å². The van der Waals surface area contributed by atoms with E-state index in [1.54, 1.807) is 6.20 Å². The van der Waals surface area contributed by atoms with Crippen molar-refractivity contribution in [2.45, 2.75) is 5.22 Å². The maximum atomic E-state index is 5.12. The molecule has 0 spiro atoms. The van der Waals surface area contributed by atoms with Crippen LogP contribution in [-0.4, -0.2) is 9.97 Å². The fraction of sp³-hybridized carbons (Fsp3) is 0. The van der Waals surface area contributed by atoms with E-state index in [1.165, 1.54) is 12.7 Å². The Labute approximate surface area is 91.4 Å². The summed E-state index contributed by atoms with van der Waals surface area (Å²) in [6, 6.07) is 7.57. The van der Waals surface area contributed by atoms with Crippen molar-refractivity contribution < 1.29 is 8.83 Å². The summed E-state index contributed by atoms with van der Waals surface area (Å²) >= 11 is 3.97. The van der Waals surface area contributed by atoms with Gasteiger partial charge in [-0.2, -0.15) is 0 Å². The predicted molar refractivity (Wildman–Crippen MR) is 57.8 cm³/mol. The quantitative estimate of drug-likeness (QED) is 0.592. The number of hydrogen-bond donors (Lipinski definition) is 1. The highest BCUT2D eigenvalue weighted by Gasteiger charge is 1.97. The van der Waals surface area contributed by atoms with E-state index in [0.29, 0.717) is 5.22 Å².